The van der Waals surface area contributed by atoms with Crippen LogP contribution >= 0.6 is 11.3 Å². The van der Waals surface area contributed by atoms with E-state index in [-0.39, 0.29) is 0 Å². The highest BCUT2D eigenvalue weighted by molar-refractivity contribution is 7.09. The molecule has 0 saturated carbocycles. The van der Waals surface area contributed by atoms with E-state index in [2.05, 4.69) is 31.1 Å². The molecule has 0 amide bonds. The fourth-order valence-corrected chi connectivity index (χ4v) is 2.94. The van der Waals surface area contributed by atoms with Gasteiger partial charge in [0, 0.05) is 4.88 Å². The first-order valence-corrected chi connectivity index (χ1v) is 7.75. The lowest BCUT2D eigenvalue weighted by Crippen LogP contribution is -2.24. The van der Waals surface area contributed by atoms with Crippen molar-refractivity contribution < 1.29 is 0 Å². The molecule has 17 heavy (non-hydrogen) atoms. The number of hydrogen-bond acceptors (Lipinski definition) is 3. The molecule has 98 valence electrons. The van der Waals surface area contributed by atoms with Gasteiger partial charge >= 0.3 is 0 Å². The van der Waals surface area contributed by atoms with Crippen molar-refractivity contribution in [2.75, 3.05) is 13.1 Å². The summed E-state index contributed by atoms with van der Waals surface area (Å²) in [4.78, 5) is 5.79. The van der Waals surface area contributed by atoms with Crippen LogP contribution in [-0.4, -0.2) is 18.1 Å². The maximum atomic E-state index is 4.32. The second-order valence-electron chi connectivity index (χ2n) is 4.76. The minimum Gasteiger partial charge on any atom is -0.316 e. The van der Waals surface area contributed by atoms with Crippen LogP contribution in [0.25, 0.3) is 0 Å². The number of rotatable bonds is 9. The fraction of sp³-hybridized carbons (Fsp3) is 0.786. The Balaban J connectivity index is 2.30. The van der Waals surface area contributed by atoms with Crippen molar-refractivity contribution in [3.8, 4) is 0 Å². The monoisotopic (exact) mass is 254 g/mol. The van der Waals surface area contributed by atoms with Crippen LogP contribution in [0.15, 0.2) is 5.51 Å². The number of aryl methyl sites for hydroxylation is 2. The van der Waals surface area contributed by atoms with Crippen LogP contribution in [0.4, 0.5) is 0 Å². The van der Waals surface area contributed by atoms with Crippen molar-refractivity contribution in [2.24, 2.45) is 5.92 Å². The smallest absolute Gasteiger partial charge is 0.0797 e. The molecule has 1 aromatic heterocycles. The summed E-state index contributed by atoms with van der Waals surface area (Å²) in [6, 6.07) is 0. The van der Waals surface area contributed by atoms with E-state index in [1.54, 1.807) is 11.3 Å². The van der Waals surface area contributed by atoms with Gasteiger partial charge in [0.05, 0.1) is 11.2 Å². The molecule has 0 aliphatic carbocycles. The third kappa shape index (κ3) is 5.64. The van der Waals surface area contributed by atoms with Gasteiger partial charge in [0.2, 0.25) is 0 Å². The van der Waals surface area contributed by atoms with Crippen LogP contribution in [0.3, 0.4) is 0 Å². The molecule has 3 heteroatoms. The zero-order valence-electron chi connectivity index (χ0n) is 11.5. The third-order valence-electron chi connectivity index (χ3n) is 3.18. The number of nitrogens with zero attached hydrogens (tertiary/aromatic N) is 1. The summed E-state index contributed by atoms with van der Waals surface area (Å²) in [6.07, 6.45) is 6.37. The molecule has 1 heterocycles. The Morgan fingerprint density at radius 1 is 1.29 bits per heavy atom. The maximum absolute atomic E-state index is 4.32. The van der Waals surface area contributed by atoms with E-state index in [0.717, 1.165) is 12.5 Å². The average molecular weight is 254 g/mol. The van der Waals surface area contributed by atoms with Crippen LogP contribution in [0.5, 0.6) is 0 Å². The summed E-state index contributed by atoms with van der Waals surface area (Å²) in [5, 5.41) is 3.55. The van der Waals surface area contributed by atoms with Gasteiger partial charge in [0.25, 0.3) is 0 Å². The Morgan fingerprint density at radius 3 is 2.71 bits per heavy atom. The topological polar surface area (TPSA) is 24.9 Å². The Hall–Kier alpha value is -0.410. The van der Waals surface area contributed by atoms with Gasteiger partial charge in [-0.2, -0.15) is 0 Å². The number of aromatic nitrogens is 1. The van der Waals surface area contributed by atoms with Crippen LogP contribution < -0.4 is 5.32 Å². The first-order valence-electron chi connectivity index (χ1n) is 6.87. The summed E-state index contributed by atoms with van der Waals surface area (Å²) in [5.41, 5.74) is 3.20. The van der Waals surface area contributed by atoms with Crippen LogP contribution in [-0.2, 0) is 6.42 Å². The molecule has 0 aliphatic heterocycles. The van der Waals surface area contributed by atoms with Crippen LogP contribution in [0.1, 0.15) is 50.1 Å². The lowest BCUT2D eigenvalue weighted by Gasteiger charge is -2.16. The van der Waals surface area contributed by atoms with Crippen LogP contribution in [0, 0.1) is 12.8 Å². The fourth-order valence-electron chi connectivity index (χ4n) is 2.14. The van der Waals surface area contributed by atoms with Crippen molar-refractivity contribution in [3.63, 3.8) is 0 Å². The standard InChI is InChI=1S/C14H26N2S/c1-4-6-13(10-15-9-5-2)7-8-14-12(3)16-11-17-14/h11,13,15H,4-10H2,1-3H3. The van der Waals surface area contributed by atoms with E-state index in [4.69, 9.17) is 0 Å². The van der Waals surface area contributed by atoms with E-state index in [1.165, 1.54) is 49.2 Å². The molecule has 0 spiro atoms. The Morgan fingerprint density at radius 2 is 2.12 bits per heavy atom. The van der Waals surface area contributed by atoms with E-state index in [0.29, 0.717) is 0 Å². The van der Waals surface area contributed by atoms with Crippen molar-refractivity contribution in [3.05, 3.63) is 16.1 Å². The molecule has 0 aromatic carbocycles. The summed E-state index contributed by atoms with van der Waals surface area (Å²) in [6.45, 7) is 8.96. The van der Waals surface area contributed by atoms with E-state index in [1.807, 2.05) is 5.51 Å². The van der Waals surface area contributed by atoms with Gasteiger partial charge in [-0.05, 0) is 51.6 Å². The van der Waals surface area contributed by atoms with Gasteiger partial charge in [0.15, 0.2) is 0 Å². The minimum atomic E-state index is 0.827. The molecular formula is C14H26N2S. The lowest BCUT2D eigenvalue weighted by molar-refractivity contribution is 0.415. The number of thiazole rings is 1. The van der Waals surface area contributed by atoms with Crippen LogP contribution in [0.2, 0.25) is 0 Å². The molecule has 0 fully saturated rings. The van der Waals surface area contributed by atoms with E-state index in [9.17, 15) is 0 Å². The van der Waals surface area contributed by atoms with Gasteiger partial charge in [-0.25, -0.2) is 4.98 Å². The lowest BCUT2D eigenvalue weighted by atomic mass is 9.97. The van der Waals surface area contributed by atoms with Gasteiger partial charge < -0.3 is 5.32 Å². The molecule has 1 aromatic rings. The first kappa shape index (κ1) is 14.7. The van der Waals surface area contributed by atoms with Crippen molar-refractivity contribution in [1.29, 1.82) is 0 Å². The molecule has 1 rings (SSSR count). The zero-order valence-corrected chi connectivity index (χ0v) is 12.3. The molecule has 0 saturated heterocycles. The highest BCUT2D eigenvalue weighted by atomic mass is 32.1. The normalized spacial score (nSPS) is 12.9. The molecule has 1 N–H and O–H groups in total. The molecule has 1 unspecified atom stereocenters. The molecular weight excluding hydrogens is 228 g/mol. The van der Waals surface area contributed by atoms with Gasteiger partial charge in [-0.15, -0.1) is 11.3 Å². The highest BCUT2D eigenvalue weighted by Gasteiger charge is 2.09. The summed E-state index contributed by atoms with van der Waals surface area (Å²) in [7, 11) is 0. The Bertz CT molecular complexity index is 296. The average Bonchev–Trinajstić information content (AvgIpc) is 2.72. The van der Waals surface area contributed by atoms with Gasteiger partial charge in [-0.3, -0.25) is 0 Å². The zero-order chi connectivity index (χ0) is 12.5. The quantitative estimate of drug-likeness (QED) is 0.678. The SMILES string of the molecule is CCCNCC(CCC)CCc1scnc1C. The van der Waals surface area contributed by atoms with E-state index < -0.39 is 0 Å². The first-order chi connectivity index (χ1) is 8.27. The molecule has 0 aliphatic rings. The summed E-state index contributed by atoms with van der Waals surface area (Å²) in [5.74, 6) is 0.827. The van der Waals surface area contributed by atoms with Gasteiger partial charge in [0.1, 0.15) is 0 Å². The highest BCUT2D eigenvalue weighted by Crippen LogP contribution is 2.19. The van der Waals surface area contributed by atoms with Gasteiger partial charge in [-0.1, -0.05) is 20.3 Å². The largest absolute Gasteiger partial charge is 0.316 e. The molecule has 1 atom stereocenters. The summed E-state index contributed by atoms with van der Waals surface area (Å²) >= 11 is 1.81. The third-order valence-corrected chi connectivity index (χ3v) is 4.18. The minimum absolute atomic E-state index is 0.827. The number of nitrogens with one attached hydrogen (secondary N) is 1. The number of hydrogen-bond donors (Lipinski definition) is 1. The predicted molar refractivity (Wildman–Crippen MR) is 76.7 cm³/mol. The predicted octanol–water partition coefficient (Wildman–Crippen LogP) is 3.80. The molecule has 0 bridgehead atoms. The van der Waals surface area contributed by atoms with E-state index >= 15 is 0 Å². The molecule has 2 nitrogen and oxygen atoms in total. The Labute approximate surface area is 110 Å². The second-order valence-corrected chi connectivity index (χ2v) is 5.70. The Kier molecular flexibility index (Phi) is 7.45. The van der Waals surface area contributed by atoms with Crippen molar-refractivity contribution >= 4 is 11.3 Å². The van der Waals surface area contributed by atoms with Crippen molar-refractivity contribution in [1.82, 2.24) is 10.3 Å². The molecule has 0 radical (unpaired) electrons. The summed E-state index contributed by atoms with van der Waals surface area (Å²) < 4.78 is 0. The van der Waals surface area contributed by atoms with Crippen molar-refractivity contribution in [2.45, 2.75) is 52.9 Å². The maximum Gasteiger partial charge on any atom is 0.0797 e. The second kappa shape index (κ2) is 8.65.